The van der Waals surface area contributed by atoms with Gasteiger partial charge in [0.15, 0.2) is 0 Å². The lowest BCUT2D eigenvalue weighted by Crippen LogP contribution is -2.43. The lowest BCUT2D eigenvalue weighted by Gasteiger charge is -2.20. The lowest BCUT2D eigenvalue weighted by atomic mass is 10.3. The molecule has 0 unspecified atom stereocenters. The number of carbonyl (C=O) groups is 1. The minimum atomic E-state index is -4.47. The average molecular weight is 329 g/mol. The van der Waals surface area contributed by atoms with E-state index in [1.165, 1.54) is 6.92 Å². The SMILES string of the molecule is C[C@@H](NC(=O)N(C)CC(F)(F)F)c1nc(-c2ccccn2)no1. The van der Waals surface area contributed by atoms with Crippen molar-refractivity contribution in [2.45, 2.75) is 19.1 Å². The number of aromatic nitrogens is 3. The van der Waals surface area contributed by atoms with Crippen molar-refractivity contribution >= 4 is 6.03 Å². The fourth-order valence-electron chi connectivity index (χ4n) is 1.71. The highest BCUT2D eigenvalue weighted by Crippen LogP contribution is 2.18. The molecule has 0 fully saturated rings. The van der Waals surface area contributed by atoms with Crippen LogP contribution in [0.5, 0.6) is 0 Å². The van der Waals surface area contributed by atoms with E-state index in [2.05, 4.69) is 20.4 Å². The number of hydrogen-bond acceptors (Lipinski definition) is 5. The average Bonchev–Trinajstić information content (AvgIpc) is 2.96. The summed E-state index contributed by atoms with van der Waals surface area (Å²) >= 11 is 0. The van der Waals surface area contributed by atoms with Crippen LogP contribution in [-0.2, 0) is 0 Å². The molecule has 0 bridgehead atoms. The maximum atomic E-state index is 12.2. The first kappa shape index (κ1) is 16.7. The van der Waals surface area contributed by atoms with Gasteiger partial charge in [-0.05, 0) is 19.1 Å². The van der Waals surface area contributed by atoms with Crippen LogP contribution in [0.25, 0.3) is 11.5 Å². The van der Waals surface area contributed by atoms with Crippen molar-refractivity contribution in [1.29, 1.82) is 0 Å². The number of rotatable bonds is 4. The van der Waals surface area contributed by atoms with Gasteiger partial charge in [-0.25, -0.2) is 4.79 Å². The Kier molecular flexibility index (Phi) is 4.82. The topological polar surface area (TPSA) is 84.2 Å². The van der Waals surface area contributed by atoms with E-state index >= 15 is 0 Å². The monoisotopic (exact) mass is 329 g/mol. The summed E-state index contributed by atoms with van der Waals surface area (Å²) in [6.45, 7) is 0.170. The second kappa shape index (κ2) is 6.63. The number of amides is 2. The number of alkyl halides is 3. The Hall–Kier alpha value is -2.65. The lowest BCUT2D eigenvalue weighted by molar-refractivity contribution is -0.137. The molecule has 2 heterocycles. The molecule has 7 nitrogen and oxygen atoms in total. The van der Waals surface area contributed by atoms with E-state index < -0.39 is 24.8 Å². The molecule has 0 radical (unpaired) electrons. The number of nitrogens with zero attached hydrogens (tertiary/aromatic N) is 4. The molecule has 0 spiro atoms. The van der Waals surface area contributed by atoms with Gasteiger partial charge in [0.25, 0.3) is 0 Å². The molecular weight excluding hydrogens is 315 g/mol. The van der Waals surface area contributed by atoms with Crippen LogP contribution < -0.4 is 5.32 Å². The van der Waals surface area contributed by atoms with Crippen molar-refractivity contribution < 1.29 is 22.5 Å². The van der Waals surface area contributed by atoms with Gasteiger partial charge in [-0.15, -0.1) is 0 Å². The third kappa shape index (κ3) is 4.66. The summed E-state index contributed by atoms with van der Waals surface area (Å²) in [7, 11) is 1.04. The van der Waals surface area contributed by atoms with Crippen molar-refractivity contribution in [3.05, 3.63) is 30.3 Å². The van der Waals surface area contributed by atoms with Crippen molar-refractivity contribution in [3.8, 4) is 11.5 Å². The first-order chi connectivity index (χ1) is 10.8. The van der Waals surface area contributed by atoms with Crippen molar-refractivity contribution in [2.75, 3.05) is 13.6 Å². The van der Waals surface area contributed by atoms with Crippen LogP contribution >= 0.6 is 0 Å². The van der Waals surface area contributed by atoms with Crippen LogP contribution in [0.1, 0.15) is 18.9 Å². The molecule has 0 aliphatic heterocycles. The van der Waals surface area contributed by atoms with Gasteiger partial charge in [0.2, 0.25) is 11.7 Å². The molecule has 1 N–H and O–H groups in total. The Balaban J connectivity index is 2.00. The van der Waals surface area contributed by atoms with E-state index in [9.17, 15) is 18.0 Å². The van der Waals surface area contributed by atoms with E-state index in [-0.39, 0.29) is 11.7 Å². The van der Waals surface area contributed by atoms with Gasteiger partial charge in [0, 0.05) is 13.2 Å². The minimum absolute atomic E-state index is 0.0689. The Labute approximate surface area is 129 Å². The van der Waals surface area contributed by atoms with E-state index in [1.807, 2.05) is 0 Å². The Morgan fingerprint density at radius 1 is 1.43 bits per heavy atom. The molecule has 2 aromatic heterocycles. The molecule has 2 amide bonds. The number of carbonyl (C=O) groups excluding carboxylic acids is 1. The zero-order chi connectivity index (χ0) is 17.0. The van der Waals surface area contributed by atoms with E-state index in [0.717, 1.165) is 7.05 Å². The zero-order valence-corrected chi connectivity index (χ0v) is 12.3. The Bertz CT molecular complexity index is 659. The quantitative estimate of drug-likeness (QED) is 0.931. The summed E-state index contributed by atoms with van der Waals surface area (Å²) in [6.07, 6.45) is -2.91. The first-order valence-corrected chi connectivity index (χ1v) is 6.59. The van der Waals surface area contributed by atoms with Crippen LogP contribution in [0, 0.1) is 0 Å². The van der Waals surface area contributed by atoms with Crippen LogP contribution in [0.3, 0.4) is 0 Å². The molecule has 0 aliphatic rings. The molecule has 10 heteroatoms. The van der Waals surface area contributed by atoms with Gasteiger partial charge in [-0.3, -0.25) is 4.98 Å². The van der Waals surface area contributed by atoms with Gasteiger partial charge in [0.05, 0.1) is 0 Å². The summed E-state index contributed by atoms with van der Waals surface area (Å²) in [5.41, 5.74) is 0.482. The second-order valence-electron chi connectivity index (χ2n) is 4.81. The maximum absolute atomic E-state index is 12.2. The number of pyridine rings is 1. The normalized spacial score (nSPS) is 12.7. The summed E-state index contributed by atoms with van der Waals surface area (Å²) in [4.78, 5) is 20.3. The highest BCUT2D eigenvalue weighted by Gasteiger charge is 2.32. The molecule has 0 saturated carbocycles. The minimum Gasteiger partial charge on any atom is -0.337 e. The summed E-state index contributed by atoms with van der Waals surface area (Å²) in [5, 5.41) is 6.08. The van der Waals surface area contributed by atoms with Crippen LogP contribution in [0.4, 0.5) is 18.0 Å². The van der Waals surface area contributed by atoms with Crippen LogP contribution in [0.2, 0.25) is 0 Å². The van der Waals surface area contributed by atoms with E-state index in [0.29, 0.717) is 10.6 Å². The standard InChI is InChI=1S/C13H14F3N5O2/c1-8(18-12(22)21(2)7-13(14,15)16)11-19-10(20-23-11)9-5-3-4-6-17-9/h3-6,8H,7H2,1-2H3,(H,18,22)/t8-/m1/s1. The fraction of sp³-hybridized carbons (Fsp3) is 0.385. The molecule has 2 aromatic rings. The number of hydrogen-bond donors (Lipinski definition) is 1. The summed E-state index contributed by atoms with van der Waals surface area (Å²) < 4.78 is 41.8. The molecule has 1 atom stereocenters. The first-order valence-electron chi connectivity index (χ1n) is 6.59. The predicted octanol–water partition coefficient (Wildman–Crippen LogP) is 2.40. The second-order valence-corrected chi connectivity index (χ2v) is 4.81. The van der Waals surface area contributed by atoms with Gasteiger partial charge in [-0.2, -0.15) is 18.2 Å². The third-order valence-corrected chi connectivity index (χ3v) is 2.81. The number of nitrogens with one attached hydrogen (secondary N) is 1. The molecule has 0 saturated heterocycles. The predicted molar refractivity (Wildman–Crippen MR) is 73.2 cm³/mol. The zero-order valence-electron chi connectivity index (χ0n) is 12.3. The van der Waals surface area contributed by atoms with Crippen LogP contribution in [-0.4, -0.2) is 45.8 Å². The summed E-state index contributed by atoms with van der Waals surface area (Å²) in [6, 6.07) is 3.50. The number of halogens is 3. The Morgan fingerprint density at radius 3 is 2.78 bits per heavy atom. The molecule has 124 valence electrons. The largest absolute Gasteiger partial charge is 0.406 e. The van der Waals surface area contributed by atoms with Gasteiger partial charge in [0.1, 0.15) is 18.3 Å². The van der Waals surface area contributed by atoms with Crippen molar-refractivity contribution in [2.24, 2.45) is 0 Å². The third-order valence-electron chi connectivity index (χ3n) is 2.81. The fourth-order valence-corrected chi connectivity index (χ4v) is 1.71. The molecule has 0 aliphatic carbocycles. The van der Waals surface area contributed by atoms with Gasteiger partial charge in [-0.1, -0.05) is 11.2 Å². The highest BCUT2D eigenvalue weighted by atomic mass is 19.4. The maximum Gasteiger partial charge on any atom is 0.406 e. The molecule has 0 aromatic carbocycles. The smallest absolute Gasteiger partial charge is 0.337 e. The van der Waals surface area contributed by atoms with Crippen molar-refractivity contribution in [3.63, 3.8) is 0 Å². The van der Waals surface area contributed by atoms with E-state index in [1.54, 1.807) is 24.4 Å². The molecule has 23 heavy (non-hydrogen) atoms. The number of urea groups is 1. The molecular formula is C13H14F3N5O2. The van der Waals surface area contributed by atoms with Crippen molar-refractivity contribution in [1.82, 2.24) is 25.3 Å². The van der Waals surface area contributed by atoms with Gasteiger partial charge >= 0.3 is 12.2 Å². The molecule has 2 rings (SSSR count). The Morgan fingerprint density at radius 2 is 2.17 bits per heavy atom. The van der Waals surface area contributed by atoms with Crippen LogP contribution in [0.15, 0.2) is 28.9 Å². The highest BCUT2D eigenvalue weighted by molar-refractivity contribution is 5.74. The van der Waals surface area contributed by atoms with E-state index in [4.69, 9.17) is 4.52 Å². The summed E-state index contributed by atoms with van der Waals surface area (Å²) in [5.74, 6) is 0.296. The van der Waals surface area contributed by atoms with Gasteiger partial charge < -0.3 is 14.7 Å².